The summed E-state index contributed by atoms with van der Waals surface area (Å²) in [7, 11) is -0.774. The van der Waals surface area contributed by atoms with E-state index in [1.165, 1.54) is 7.11 Å². The van der Waals surface area contributed by atoms with Gasteiger partial charge in [0, 0.05) is 18.6 Å². The fourth-order valence-electron chi connectivity index (χ4n) is 1.92. The van der Waals surface area contributed by atoms with Crippen LogP contribution in [-0.2, 0) is 14.0 Å². The number of halogens is 2. The molecule has 0 aromatic heterocycles. The van der Waals surface area contributed by atoms with E-state index in [9.17, 15) is 18.4 Å². The minimum absolute atomic E-state index is 0.0165. The Kier molecular flexibility index (Phi) is 7.46. The van der Waals surface area contributed by atoms with Crippen LogP contribution < -0.4 is 5.32 Å². The fraction of sp³-hybridized carbons (Fsp3) is 0.556. The monoisotopic (exact) mass is 387 g/mol. The molecule has 0 spiro atoms. The molecular formula is C18H27F2NO4Si. The second-order valence-electron chi connectivity index (χ2n) is 7.58. The molecule has 8 heteroatoms. The third-order valence-corrected chi connectivity index (χ3v) is 9.19. The largest absolute Gasteiger partial charge is 0.467 e. The summed E-state index contributed by atoms with van der Waals surface area (Å²) in [5, 5.41) is 2.51. The molecule has 0 aliphatic heterocycles. The van der Waals surface area contributed by atoms with E-state index in [2.05, 4.69) is 39.2 Å². The van der Waals surface area contributed by atoms with E-state index in [4.69, 9.17) is 9.16 Å². The Bertz CT molecular complexity index is 659. The molecule has 1 atom stereocenters. The van der Waals surface area contributed by atoms with Gasteiger partial charge in [-0.25, -0.2) is 13.6 Å². The molecule has 146 valence electrons. The topological polar surface area (TPSA) is 64.6 Å². The Morgan fingerprint density at radius 3 is 2.31 bits per heavy atom. The Morgan fingerprint density at radius 1 is 1.19 bits per heavy atom. The molecule has 0 bridgehead atoms. The molecule has 0 heterocycles. The van der Waals surface area contributed by atoms with Crippen molar-refractivity contribution in [2.75, 3.05) is 13.7 Å². The predicted molar refractivity (Wildman–Crippen MR) is 97.4 cm³/mol. The van der Waals surface area contributed by atoms with Crippen molar-refractivity contribution in [1.82, 2.24) is 5.32 Å². The van der Waals surface area contributed by atoms with Crippen LogP contribution in [0.15, 0.2) is 18.2 Å². The molecule has 0 saturated heterocycles. The summed E-state index contributed by atoms with van der Waals surface area (Å²) in [6.07, 6.45) is 0.217. The van der Waals surface area contributed by atoms with Crippen molar-refractivity contribution in [3.05, 3.63) is 35.4 Å². The molecule has 1 aromatic rings. The standard InChI is InChI=1S/C18H27F2NO4Si/c1-18(2,3)26(5,6)25-10-9-15(17(23)24-4)21-16(22)12-7-8-13(19)14(20)11-12/h7-8,11,15H,9-10H2,1-6H3,(H,21,22)/t15-/m0/s1. The summed E-state index contributed by atoms with van der Waals surface area (Å²) in [6, 6.07) is 1.85. The number of carbonyl (C=O) groups excluding carboxylic acids is 2. The van der Waals surface area contributed by atoms with Gasteiger partial charge < -0.3 is 14.5 Å². The number of ether oxygens (including phenoxy) is 1. The highest BCUT2D eigenvalue weighted by Gasteiger charge is 2.37. The van der Waals surface area contributed by atoms with Crippen LogP contribution in [0.5, 0.6) is 0 Å². The van der Waals surface area contributed by atoms with Crippen LogP contribution in [-0.4, -0.2) is 40.0 Å². The van der Waals surface area contributed by atoms with Crippen molar-refractivity contribution in [2.45, 2.75) is 51.4 Å². The second-order valence-corrected chi connectivity index (χ2v) is 12.4. The van der Waals surface area contributed by atoms with Gasteiger partial charge in [0.15, 0.2) is 20.0 Å². The molecular weight excluding hydrogens is 360 g/mol. The van der Waals surface area contributed by atoms with E-state index in [0.29, 0.717) is 0 Å². The molecule has 1 aromatic carbocycles. The Morgan fingerprint density at radius 2 is 1.81 bits per heavy atom. The lowest BCUT2D eigenvalue weighted by Gasteiger charge is -2.36. The maximum atomic E-state index is 13.3. The lowest BCUT2D eigenvalue weighted by molar-refractivity contribution is -0.143. The van der Waals surface area contributed by atoms with Gasteiger partial charge in [0.1, 0.15) is 6.04 Å². The van der Waals surface area contributed by atoms with Crippen LogP contribution >= 0.6 is 0 Å². The molecule has 5 nitrogen and oxygen atoms in total. The number of carbonyl (C=O) groups is 2. The SMILES string of the molecule is COC(=O)[C@H](CCO[Si](C)(C)C(C)(C)C)NC(=O)c1ccc(F)c(F)c1. The van der Waals surface area contributed by atoms with Gasteiger partial charge >= 0.3 is 5.97 Å². The summed E-state index contributed by atoms with van der Waals surface area (Å²) in [4.78, 5) is 24.2. The van der Waals surface area contributed by atoms with Crippen molar-refractivity contribution >= 4 is 20.2 Å². The maximum absolute atomic E-state index is 13.3. The van der Waals surface area contributed by atoms with E-state index >= 15 is 0 Å². The smallest absolute Gasteiger partial charge is 0.328 e. The molecule has 0 radical (unpaired) electrons. The quantitative estimate of drug-likeness (QED) is 0.573. The highest BCUT2D eigenvalue weighted by molar-refractivity contribution is 6.74. The van der Waals surface area contributed by atoms with Crippen LogP contribution in [0.2, 0.25) is 18.1 Å². The van der Waals surface area contributed by atoms with Gasteiger partial charge in [-0.1, -0.05) is 20.8 Å². The number of nitrogens with one attached hydrogen (secondary N) is 1. The van der Waals surface area contributed by atoms with E-state index in [0.717, 1.165) is 18.2 Å². The minimum atomic E-state index is -1.99. The zero-order chi connectivity index (χ0) is 20.1. The molecule has 0 unspecified atom stereocenters. The third kappa shape index (κ3) is 5.88. The Labute approximate surface area is 154 Å². The van der Waals surface area contributed by atoms with Gasteiger partial charge in [-0.2, -0.15) is 0 Å². The maximum Gasteiger partial charge on any atom is 0.328 e. The van der Waals surface area contributed by atoms with E-state index in [-0.39, 0.29) is 23.6 Å². The molecule has 26 heavy (non-hydrogen) atoms. The van der Waals surface area contributed by atoms with Crippen molar-refractivity contribution in [2.24, 2.45) is 0 Å². The predicted octanol–water partition coefficient (Wildman–Crippen LogP) is 3.65. The normalized spacial score (nSPS) is 13.2. The second kappa shape index (κ2) is 8.72. The molecule has 0 aliphatic carbocycles. The van der Waals surface area contributed by atoms with Crippen molar-refractivity contribution in [1.29, 1.82) is 0 Å². The number of benzene rings is 1. The summed E-state index contributed by atoms with van der Waals surface area (Å²) < 4.78 is 37.0. The first-order chi connectivity index (χ1) is 11.9. The summed E-state index contributed by atoms with van der Waals surface area (Å²) >= 11 is 0. The van der Waals surface area contributed by atoms with Gasteiger partial charge in [-0.05, 0) is 36.3 Å². The van der Waals surface area contributed by atoms with E-state index < -0.39 is 37.9 Å². The number of esters is 1. The van der Waals surface area contributed by atoms with Crippen LogP contribution in [0, 0.1) is 11.6 Å². The summed E-state index contributed by atoms with van der Waals surface area (Å²) in [6.45, 7) is 10.7. The van der Waals surface area contributed by atoms with Gasteiger partial charge in [0.2, 0.25) is 0 Å². The lowest BCUT2D eigenvalue weighted by atomic mass is 10.1. The molecule has 0 aliphatic rings. The van der Waals surface area contributed by atoms with Crippen molar-refractivity contribution < 1.29 is 27.5 Å². The first-order valence-electron chi connectivity index (χ1n) is 8.37. The van der Waals surface area contributed by atoms with Crippen molar-refractivity contribution in [3.63, 3.8) is 0 Å². The average molecular weight is 387 g/mol. The van der Waals surface area contributed by atoms with Gasteiger partial charge in [-0.3, -0.25) is 4.79 Å². The highest BCUT2D eigenvalue weighted by Crippen LogP contribution is 2.36. The summed E-state index contributed by atoms with van der Waals surface area (Å²) in [5.41, 5.74) is -0.0804. The van der Waals surface area contributed by atoms with E-state index in [1.807, 2.05) is 0 Å². The highest BCUT2D eigenvalue weighted by atomic mass is 28.4. The molecule has 1 rings (SSSR count). The number of hydrogen-bond acceptors (Lipinski definition) is 4. The minimum Gasteiger partial charge on any atom is -0.467 e. The molecule has 1 amide bonds. The zero-order valence-corrected chi connectivity index (χ0v) is 17.1. The Balaban J connectivity index is 2.77. The van der Waals surface area contributed by atoms with Crippen LogP contribution in [0.25, 0.3) is 0 Å². The zero-order valence-electron chi connectivity index (χ0n) is 16.1. The van der Waals surface area contributed by atoms with Gasteiger partial charge in [-0.15, -0.1) is 0 Å². The van der Waals surface area contributed by atoms with E-state index in [1.54, 1.807) is 0 Å². The van der Waals surface area contributed by atoms with Crippen molar-refractivity contribution in [3.8, 4) is 0 Å². The lowest BCUT2D eigenvalue weighted by Crippen LogP contribution is -2.45. The number of hydrogen-bond donors (Lipinski definition) is 1. The molecule has 1 N–H and O–H groups in total. The molecule has 0 saturated carbocycles. The fourth-order valence-corrected chi connectivity index (χ4v) is 2.98. The summed E-state index contributed by atoms with van der Waals surface area (Å²) in [5.74, 6) is -3.49. The number of rotatable bonds is 7. The number of amides is 1. The van der Waals surface area contributed by atoms with Crippen LogP contribution in [0.1, 0.15) is 37.6 Å². The first kappa shape index (κ1) is 22.2. The Hall–Kier alpha value is -1.80. The third-order valence-electron chi connectivity index (χ3n) is 4.65. The van der Waals surface area contributed by atoms with Crippen LogP contribution in [0.4, 0.5) is 8.78 Å². The molecule has 0 fully saturated rings. The van der Waals surface area contributed by atoms with Crippen LogP contribution in [0.3, 0.4) is 0 Å². The van der Waals surface area contributed by atoms with Gasteiger partial charge in [0.05, 0.1) is 7.11 Å². The average Bonchev–Trinajstić information content (AvgIpc) is 2.54. The first-order valence-corrected chi connectivity index (χ1v) is 11.3. The van der Waals surface area contributed by atoms with Gasteiger partial charge in [0.25, 0.3) is 5.91 Å². The number of methoxy groups -OCH3 is 1.